The molecule has 37 heavy (non-hydrogen) atoms. The lowest BCUT2D eigenvalue weighted by atomic mass is 10.0. The number of carbonyl (C=O) groups is 1. The van der Waals surface area contributed by atoms with Crippen LogP contribution in [0.25, 0.3) is 16.6 Å². The SMILES string of the molecule is NC(CO)(CO)CO.O=C(O)CCc1ccc2c(c1)c(CCc1ccc(F)cc1)cn2-c1ccccc1. The molecule has 0 aliphatic heterocycles. The average Bonchev–Trinajstić information content (AvgIpc) is 3.30. The summed E-state index contributed by atoms with van der Waals surface area (Å²) in [6.07, 6.45) is 4.43. The van der Waals surface area contributed by atoms with Crippen LogP contribution in [0.15, 0.2) is 79.0 Å². The van der Waals surface area contributed by atoms with Gasteiger partial charge >= 0.3 is 5.97 Å². The standard InChI is InChI=1S/C25H22FNO2.C4H11NO3/c26-21-12-7-18(8-13-21)6-11-20-17-27(22-4-2-1-3-5-22)24-14-9-19(16-23(20)24)10-15-25(28)29;5-4(1-6,2-7)3-8/h1-5,7-9,12-14,16-17H,6,10-11,15H2,(H,28,29);6-8H,1-3,5H2. The number of nitrogens with two attached hydrogens (primary N) is 1. The van der Waals surface area contributed by atoms with Gasteiger partial charge in [0.05, 0.1) is 30.9 Å². The topological polar surface area (TPSA) is 129 Å². The fraction of sp³-hybridized carbons (Fsp3) is 0.276. The number of aliphatic hydroxyl groups is 3. The molecule has 0 fully saturated rings. The molecular weight excluding hydrogens is 475 g/mol. The van der Waals surface area contributed by atoms with Gasteiger partial charge in [-0.1, -0.05) is 36.4 Å². The van der Waals surface area contributed by atoms with Crippen molar-refractivity contribution in [2.45, 2.75) is 31.2 Å². The Morgan fingerprint density at radius 2 is 1.46 bits per heavy atom. The van der Waals surface area contributed by atoms with E-state index >= 15 is 0 Å². The zero-order chi connectivity index (χ0) is 26.8. The maximum Gasteiger partial charge on any atom is 0.303 e. The zero-order valence-electron chi connectivity index (χ0n) is 20.6. The van der Waals surface area contributed by atoms with Crippen molar-refractivity contribution in [3.8, 4) is 5.69 Å². The first-order chi connectivity index (χ1) is 17.8. The van der Waals surface area contributed by atoms with Gasteiger partial charge in [0.2, 0.25) is 0 Å². The summed E-state index contributed by atoms with van der Waals surface area (Å²) in [6.45, 7) is -1.21. The highest BCUT2D eigenvalue weighted by molar-refractivity contribution is 5.86. The van der Waals surface area contributed by atoms with E-state index < -0.39 is 31.3 Å². The van der Waals surface area contributed by atoms with E-state index in [1.807, 2.05) is 36.4 Å². The Labute approximate surface area is 215 Å². The molecule has 4 rings (SSSR count). The number of rotatable bonds is 10. The minimum atomic E-state index is -1.21. The molecule has 0 amide bonds. The van der Waals surface area contributed by atoms with E-state index in [-0.39, 0.29) is 12.2 Å². The maximum atomic E-state index is 13.2. The van der Waals surface area contributed by atoms with Gasteiger partial charge in [0.25, 0.3) is 0 Å². The predicted molar refractivity (Wildman–Crippen MR) is 141 cm³/mol. The molecule has 0 bridgehead atoms. The number of aliphatic carboxylic acids is 1. The van der Waals surface area contributed by atoms with Crippen LogP contribution in [0.5, 0.6) is 0 Å². The number of fused-ring (bicyclic) bond motifs is 1. The van der Waals surface area contributed by atoms with Crippen LogP contribution in [0.2, 0.25) is 0 Å². The first-order valence-corrected chi connectivity index (χ1v) is 12.0. The Kier molecular flexibility index (Phi) is 9.93. The smallest absolute Gasteiger partial charge is 0.303 e. The summed E-state index contributed by atoms with van der Waals surface area (Å²) in [6, 6.07) is 23.0. The molecule has 0 radical (unpaired) electrons. The average molecular weight is 509 g/mol. The molecule has 4 aromatic rings. The van der Waals surface area contributed by atoms with Gasteiger partial charge in [0.1, 0.15) is 5.82 Å². The molecular formula is C29H33FN2O5. The summed E-state index contributed by atoms with van der Waals surface area (Å²) >= 11 is 0. The van der Waals surface area contributed by atoms with E-state index in [0.717, 1.165) is 40.6 Å². The van der Waals surface area contributed by atoms with Crippen LogP contribution >= 0.6 is 0 Å². The minimum Gasteiger partial charge on any atom is -0.481 e. The minimum absolute atomic E-state index is 0.121. The van der Waals surface area contributed by atoms with Gasteiger partial charge in [-0.05, 0) is 72.4 Å². The second-order valence-corrected chi connectivity index (χ2v) is 9.07. The fourth-order valence-corrected chi connectivity index (χ4v) is 3.83. The third-order valence-corrected chi connectivity index (χ3v) is 6.15. The summed E-state index contributed by atoms with van der Waals surface area (Å²) in [7, 11) is 0. The number of aryl methyl sites for hydroxylation is 3. The summed E-state index contributed by atoms with van der Waals surface area (Å²) < 4.78 is 15.4. The molecule has 0 spiro atoms. The van der Waals surface area contributed by atoms with Gasteiger partial charge in [-0.3, -0.25) is 4.79 Å². The van der Waals surface area contributed by atoms with Crippen molar-refractivity contribution in [2.75, 3.05) is 19.8 Å². The van der Waals surface area contributed by atoms with Crippen LogP contribution in [-0.4, -0.2) is 56.3 Å². The van der Waals surface area contributed by atoms with Crippen LogP contribution in [0.4, 0.5) is 4.39 Å². The highest BCUT2D eigenvalue weighted by Crippen LogP contribution is 2.28. The highest BCUT2D eigenvalue weighted by atomic mass is 19.1. The lowest BCUT2D eigenvalue weighted by molar-refractivity contribution is -0.136. The molecule has 0 saturated carbocycles. The highest BCUT2D eigenvalue weighted by Gasteiger charge is 2.20. The van der Waals surface area contributed by atoms with Crippen LogP contribution in [0.1, 0.15) is 23.1 Å². The number of nitrogens with zero attached hydrogens (tertiary/aromatic N) is 1. The quantitative estimate of drug-likeness (QED) is 0.224. The molecule has 0 unspecified atom stereocenters. The molecule has 0 saturated heterocycles. The summed E-state index contributed by atoms with van der Waals surface area (Å²) in [5.41, 5.74) is 9.44. The monoisotopic (exact) mass is 508 g/mol. The second-order valence-electron chi connectivity index (χ2n) is 9.07. The summed E-state index contributed by atoms with van der Waals surface area (Å²) in [5.74, 6) is -1.01. The van der Waals surface area contributed by atoms with Gasteiger partial charge in [0.15, 0.2) is 0 Å². The van der Waals surface area contributed by atoms with Crippen molar-refractivity contribution in [1.29, 1.82) is 0 Å². The van der Waals surface area contributed by atoms with E-state index in [9.17, 15) is 9.18 Å². The van der Waals surface area contributed by atoms with E-state index in [1.165, 1.54) is 17.7 Å². The summed E-state index contributed by atoms with van der Waals surface area (Å²) in [5, 5.41) is 35.2. The summed E-state index contributed by atoms with van der Waals surface area (Å²) in [4.78, 5) is 10.9. The molecule has 1 heterocycles. The first-order valence-electron chi connectivity index (χ1n) is 12.0. The Balaban J connectivity index is 0.000000414. The van der Waals surface area contributed by atoms with Gasteiger partial charge in [0, 0.05) is 23.7 Å². The van der Waals surface area contributed by atoms with Gasteiger partial charge in [-0.15, -0.1) is 0 Å². The van der Waals surface area contributed by atoms with Crippen LogP contribution in [-0.2, 0) is 24.1 Å². The predicted octanol–water partition coefficient (Wildman–Crippen LogP) is 3.23. The largest absolute Gasteiger partial charge is 0.481 e. The van der Waals surface area contributed by atoms with E-state index in [1.54, 1.807) is 0 Å². The number of para-hydroxylation sites is 1. The van der Waals surface area contributed by atoms with Crippen molar-refractivity contribution in [2.24, 2.45) is 5.73 Å². The van der Waals surface area contributed by atoms with Crippen molar-refractivity contribution in [3.05, 3.63) is 102 Å². The number of aromatic nitrogens is 1. The maximum absolute atomic E-state index is 13.2. The van der Waals surface area contributed by atoms with Crippen LogP contribution < -0.4 is 5.73 Å². The lowest BCUT2D eigenvalue weighted by Crippen LogP contribution is -2.50. The Morgan fingerprint density at radius 3 is 2.03 bits per heavy atom. The molecule has 3 aromatic carbocycles. The molecule has 6 N–H and O–H groups in total. The molecule has 0 atom stereocenters. The first kappa shape index (κ1) is 28.0. The lowest BCUT2D eigenvalue weighted by Gasteiger charge is -2.20. The molecule has 8 heteroatoms. The number of hydrogen-bond acceptors (Lipinski definition) is 5. The van der Waals surface area contributed by atoms with Crippen molar-refractivity contribution in [3.63, 3.8) is 0 Å². The Bertz CT molecular complexity index is 1280. The van der Waals surface area contributed by atoms with E-state index in [0.29, 0.717) is 6.42 Å². The van der Waals surface area contributed by atoms with Crippen molar-refractivity contribution >= 4 is 16.9 Å². The third kappa shape index (κ3) is 7.71. The van der Waals surface area contributed by atoms with Gasteiger partial charge in [-0.25, -0.2) is 4.39 Å². The number of carboxylic acid groups (broad SMARTS) is 1. The number of hydrogen-bond donors (Lipinski definition) is 5. The Morgan fingerprint density at radius 1 is 0.838 bits per heavy atom. The number of benzene rings is 3. The van der Waals surface area contributed by atoms with E-state index in [2.05, 4.69) is 35.0 Å². The molecule has 196 valence electrons. The molecule has 0 aliphatic carbocycles. The number of halogens is 1. The van der Waals surface area contributed by atoms with Gasteiger partial charge in [-0.2, -0.15) is 0 Å². The third-order valence-electron chi connectivity index (χ3n) is 6.15. The van der Waals surface area contributed by atoms with Crippen LogP contribution in [0, 0.1) is 5.82 Å². The van der Waals surface area contributed by atoms with Crippen molar-refractivity contribution in [1.82, 2.24) is 4.57 Å². The van der Waals surface area contributed by atoms with E-state index in [4.69, 9.17) is 26.2 Å². The normalized spacial score (nSPS) is 11.3. The second kappa shape index (κ2) is 13.1. The zero-order valence-corrected chi connectivity index (χ0v) is 20.6. The van der Waals surface area contributed by atoms with Gasteiger partial charge < -0.3 is 30.7 Å². The molecule has 1 aromatic heterocycles. The van der Waals surface area contributed by atoms with Crippen LogP contribution in [0.3, 0.4) is 0 Å². The fourth-order valence-electron chi connectivity index (χ4n) is 3.83. The number of carboxylic acids is 1. The Hall–Kier alpha value is -3.56. The molecule has 7 nitrogen and oxygen atoms in total. The molecule has 0 aliphatic rings. The number of aliphatic hydroxyl groups excluding tert-OH is 3. The van der Waals surface area contributed by atoms with Crippen molar-refractivity contribution < 1.29 is 29.6 Å².